The van der Waals surface area contributed by atoms with Crippen molar-refractivity contribution in [3.63, 3.8) is 0 Å². The third kappa shape index (κ3) is 2.21. The lowest BCUT2D eigenvalue weighted by atomic mass is 9.98. The van der Waals surface area contributed by atoms with Gasteiger partial charge in [-0.2, -0.15) is 0 Å². The maximum absolute atomic E-state index is 12.6. The van der Waals surface area contributed by atoms with E-state index in [1.807, 2.05) is 25.1 Å². The van der Waals surface area contributed by atoms with Gasteiger partial charge in [-0.1, -0.05) is 30.3 Å². The van der Waals surface area contributed by atoms with Crippen molar-refractivity contribution in [2.24, 2.45) is 0 Å². The smallest absolute Gasteiger partial charge is 0.336 e. The highest BCUT2D eigenvalue weighted by molar-refractivity contribution is 6.19. The monoisotopic (exact) mass is 279 g/mol. The zero-order valence-electron chi connectivity index (χ0n) is 11.4. The van der Waals surface area contributed by atoms with Crippen molar-refractivity contribution in [1.82, 2.24) is 4.98 Å². The summed E-state index contributed by atoms with van der Waals surface area (Å²) in [6, 6.07) is 12.0. The molecular weight excluding hydrogens is 266 g/mol. The number of H-pyrrole nitrogens is 1. The molecule has 3 rings (SSSR count). The zero-order valence-corrected chi connectivity index (χ0v) is 11.4. The van der Waals surface area contributed by atoms with Crippen molar-refractivity contribution in [2.75, 3.05) is 0 Å². The van der Waals surface area contributed by atoms with Gasteiger partial charge in [0.25, 0.3) is 0 Å². The number of aromatic nitrogens is 1. The molecule has 0 bridgehead atoms. The second-order valence-electron chi connectivity index (χ2n) is 4.93. The van der Waals surface area contributed by atoms with Crippen molar-refractivity contribution < 1.29 is 14.7 Å². The molecule has 3 aromatic rings. The van der Waals surface area contributed by atoms with Crippen LogP contribution in [-0.4, -0.2) is 21.8 Å². The number of nitrogens with one attached hydrogen (secondary N) is 1. The number of benzene rings is 2. The van der Waals surface area contributed by atoms with Gasteiger partial charge in [0.1, 0.15) is 0 Å². The molecule has 0 saturated heterocycles. The van der Waals surface area contributed by atoms with Gasteiger partial charge in [-0.3, -0.25) is 4.79 Å². The van der Waals surface area contributed by atoms with E-state index in [9.17, 15) is 14.7 Å². The van der Waals surface area contributed by atoms with Crippen molar-refractivity contribution in [2.45, 2.75) is 6.92 Å². The maximum Gasteiger partial charge on any atom is 0.336 e. The number of aromatic amines is 1. The number of hydrogen-bond acceptors (Lipinski definition) is 2. The van der Waals surface area contributed by atoms with Crippen LogP contribution in [0.1, 0.15) is 31.8 Å². The summed E-state index contributed by atoms with van der Waals surface area (Å²) < 4.78 is 0. The zero-order chi connectivity index (χ0) is 15.0. The van der Waals surface area contributed by atoms with Crippen LogP contribution >= 0.6 is 0 Å². The van der Waals surface area contributed by atoms with Gasteiger partial charge in [-0.25, -0.2) is 4.79 Å². The van der Waals surface area contributed by atoms with Gasteiger partial charge in [0.05, 0.1) is 5.56 Å². The SMILES string of the molecule is Cc1ccc2c(C(=O)c3ccccc3C(=O)O)c[nH]c2c1. The van der Waals surface area contributed by atoms with Crippen LogP contribution in [0.3, 0.4) is 0 Å². The third-order valence-electron chi connectivity index (χ3n) is 3.48. The molecular formula is C17H13NO3. The molecule has 0 spiro atoms. The number of carboxylic acid groups (broad SMARTS) is 1. The number of hydrogen-bond donors (Lipinski definition) is 2. The van der Waals surface area contributed by atoms with E-state index in [4.69, 9.17) is 0 Å². The second kappa shape index (κ2) is 4.90. The van der Waals surface area contributed by atoms with Gasteiger partial charge in [0, 0.05) is 28.2 Å². The minimum Gasteiger partial charge on any atom is -0.478 e. The van der Waals surface area contributed by atoms with E-state index in [1.54, 1.807) is 24.4 Å². The Balaban J connectivity index is 2.15. The van der Waals surface area contributed by atoms with Crippen molar-refractivity contribution in [3.8, 4) is 0 Å². The first-order valence-electron chi connectivity index (χ1n) is 6.52. The molecule has 0 amide bonds. The number of carbonyl (C=O) groups excluding carboxylic acids is 1. The number of carbonyl (C=O) groups is 2. The van der Waals surface area contributed by atoms with E-state index in [-0.39, 0.29) is 16.9 Å². The van der Waals surface area contributed by atoms with Crippen molar-refractivity contribution in [3.05, 3.63) is 70.9 Å². The van der Waals surface area contributed by atoms with E-state index in [0.717, 1.165) is 16.5 Å². The topological polar surface area (TPSA) is 70.2 Å². The highest BCUT2D eigenvalue weighted by Crippen LogP contribution is 2.23. The summed E-state index contributed by atoms with van der Waals surface area (Å²) in [7, 11) is 0. The van der Waals surface area contributed by atoms with Gasteiger partial charge < -0.3 is 10.1 Å². The quantitative estimate of drug-likeness (QED) is 0.722. The lowest BCUT2D eigenvalue weighted by molar-refractivity contribution is 0.0693. The first kappa shape index (κ1) is 13.1. The molecule has 1 heterocycles. The maximum atomic E-state index is 12.6. The average molecular weight is 279 g/mol. The Morgan fingerprint density at radius 1 is 1.00 bits per heavy atom. The molecule has 0 radical (unpaired) electrons. The van der Waals surface area contributed by atoms with Crippen molar-refractivity contribution in [1.29, 1.82) is 0 Å². The number of rotatable bonds is 3. The lowest BCUT2D eigenvalue weighted by Crippen LogP contribution is -2.09. The highest BCUT2D eigenvalue weighted by atomic mass is 16.4. The number of aryl methyl sites for hydroxylation is 1. The Labute approximate surface area is 121 Å². The van der Waals surface area contributed by atoms with Crippen molar-refractivity contribution >= 4 is 22.7 Å². The van der Waals surface area contributed by atoms with Crippen LogP contribution in [0.5, 0.6) is 0 Å². The summed E-state index contributed by atoms with van der Waals surface area (Å²) >= 11 is 0. The average Bonchev–Trinajstić information content (AvgIpc) is 2.89. The molecule has 4 heteroatoms. The lowest BCUT2D eigenvalue weighted by Gasteiger charge is -2.04. The predicted octanol–water partition coefficient (Wildman–Crippen LogP) is 3.41. The van der Waals surface area contributed by atoms with Crippen LogP contribution in [0.4, 0.5) is 0 Å². The number of ketones is 1. The van der Waals surface area contributed by atoms with Gasteiger partial charge in [-0.15, -0.1) is 0 Å². The first-order valence-corrected chi connectivity index (χ1v) is 6.52. The molecule has 0 unspecified atom stereocenters. The fraction of sp³-hybridized carbons (Fsp3) is 0.0588. The van der Waals surface area contributed by atoms with Gasteiger partial charge in [0.15, 0.2) is 5.78 Å². The molecule has 4 nitrogen and oxygen atoms in total. The molecule has 0 aliphatic rings. The number of carboxylic acids is 1. The Morgan fingerprint density at radius 2 is 1.71 bits per heavy atom. The van der Waals surface area contributed by atoms with Crippen LogP contribution in [0.2, 0.25) is 0 Å². The summed E-state index contributed by atoms with van der Waals surface area (Å²) in [5.41, 5.74) is 2.66. The first-order chi connectivity index (χ1) is 10.1. The summed E-state index contributed by atoms with van der Waals surface area (Å²) in [4.78, 5) is 27.0. The third-order valence-corrected chi connectivity index (χ3v) is 3.48. The minimum atomic E-state index is -1.10. The molecule has 0 aliphatic heterocycles. The van der Waals surface area contributed by atoms with E-state index < -0.39 is 5.97 Å². The van der Waals surface area contributed by atoms with Crippen LogP contribution < -0.4 is 0 Å². The van der Waals surface area contributed by atoms with Gasteiger partial charge in [-0.05, 0) is 24.6 Å². The molecule has 0 saturated carbocycles. The van der Waals surface area contributed by atoms with E-state index in [1.165, 1.54) is 6.07 Å². The molecule has 2 aromatic carbocycles. The molecule has 0 aliphatic carbocycles. The fourth-order valence-corrected chi connectivity index (χ4v) is 2.44. The number of aromatic carboxylic acids is 1. The standard InChI is InChI=1S/C17H13NO3/c1-10-6-7-11-14(9-18-15(11)8-10)16(19)12-4-2-3-5-13(12)17(20)21/h2-9,18H,1H3,(H,20,21). The fourth-order valence-electron chi connectivity index (χ4n) is 2.44. The normalized spacial score (nSPS) is 10.7. The van der Waals surface area contributed by atoms with E-state index in [0.29, 0.717) is 5.56 Å². The Kier molecular flexibility index (Phi) is 3.06. The molecule has 21 heavy (non-hydrogen) atoms. The molecule has 104 valence electrons. The van der Waals surface area contributed by atoms with Crippen LogP contribution in [0.15, 0.2) is 48.7 Å². The predicted molar refractivity (Wildman–Crippen MR) is 79.9 cm³/mol. The van der Waals surface area contributed by atoms with Gasteiger partial charge in [0.2, 0.25) is 0 Å². The Hall–Kier alpha value is -2.88. The largest absolute Gasteiger partial charge is 0.478 e. The summed E-state index contributed by atoms with van der Waals surface area (Å²) in [5, 5.41) is 10.00. The summed E-state index contributed by atoms with van der Waals surface area (Å²) in [6.45, 7) is 1.97. The molecule has 0 atom stereocenters. The molecule has 0 fully saturated rings. The molecule has 1 aromatic heterocycles. The Morgan fingerprint density at radius 3 is 2.43 bits per heavy atom. The minimum absolute atomic E-state index is 0.0176. The van der Waals surface area contributed by atoms with Crippen LogP contribution in [0, 0.1) is 6.92 Å². The molecule has 2 N–H and O–H groups in total. The van der Waals surface area contributed by atoms with E-state index >= 15 is 0 Å². The van der Waals surface area contributed by atoms with Crippen LogP contribution in [-0.2, 0) is 0 Å². The number of fused-ring (bicyclic) bond motifs is 1. The second-order valence-corrected chi connectivity index (χ2v) is 4.93. The highest BCUT2D eigenvalue weighted by Gasteiger charge is 2.19. The Bertz CT molecular complexity index is 861. The van der Waals surface area contributed by atoms with Crippen LogP contribution in [0.25, 0.3) is 10.9 Å². The van der Waals surface area contributed by atoms with E-state index in [2.05, 4.69) is 4.98 Å². The summed E-state index contributed by atoms with van der Waals surface area (Å²) in [5.74, 6) is -1.39. The van der Waals surface area contributed by atoms with Gasteiger partial charge >= 0.3 is 5.97 Å². The summed E-state index contributed by atoms with van der Waals surface area (Å²) in [6.07, 6.45) is 1.63.